The van der Waals surface area contributed by atoms with Crippen LogP contribution in [0.25, 0.3) is 10.2 Å². The Balaban J connectivity index is 1.80. The molecule has 2 aromatic heterocycles. The number of hydrogen-bond acceptors (Lipinski definition) is 7. The monoisotopic (exact) mass is 433 g/mol. The minimum Gasteiger partial charge on any atom is -0.497 e. The Hall–Kier alpha value is -2.52. The molecule has 2 heterocycles. The van der Waals surface area contributed by atoms with Crippen molar-refractivity contribution < 1.29 is 14.3 Å². The molecule has 0 aliphatic carbocycles. The number of thioether (sulfide) groups is 1. The van der Waals surface area contributed by atoms with Crippen LogP contribution >= 0.6 is 23.1 Å². The van der Waals surface area contributed by atoms with Gasteiger partial charge in [0.15, 0.2) is 5.16 Å². The lowest BCUT2D eigenvalue weighted by atomic mass is 10.2. The van der Waals surface area contributed by atoms with Crippen molar-refractivity contribution in [2.75, 3.05) is 25.3 Å². The molecule has 9 heteroatoms. The van der Waals surface area contributed by atoms with Crippen LogP contribution in [0.2, 0.25) is 0 Å². The highest BCUT2D eigenvalue weighted by Gasteiger charge is 2.18. The van der Waals surface area contributed by atoms with Crippen molar-refractivity contribution in [3.05, 3.63) is 40.0 Å². The number of rotatable bonds is 8. The minimum absolute atomic E-state index is 0.00579. The van der Waals surface area contributed by atoms with Crippen LogP contribution in [0.3, 0.4) is 0 Å². The number of anilines is 1. The third-order valence-corrected chi connectivity index (χ3v) is 6.37. The fourth-order valence-corrected chi connectivity index (χ4v) is 4.46. The SMILES string of the molecule is CCC(C)n1c(SCC(=O)Nc2ccc(OC)cc2OC)nc2ccsc2c1=O. The predicted octanol–water partition coefficient (Wildman–Crippen LogP) is 4.18. The van der Waals surface area contributed by atoms with E-state index in [0.717, 1.165) is 6.42 Å². The molecule has 0 fully saturated rings. The lowest BCUT2D eigenvalue weighted by molar-refractivity contribution is -0.113. The number of amides is 1. The molecule has 0 aliphatic rings. The summed E-state index contributed by atoms with van der Waals surface area (Å²) in [5.74, 6) is 1.05. The quantitative estimate of drug-likeness (QED) is 0.424. The number of aromatic nitrogens is 2. The van der Waals surface area contributed by atoms with Crippen LogP contribution in [0.4, 0.5) is 5.69 Å². The van der Waals surface area contributed by atoms with Gasteiger partial charge in [-0.15, -0.1) is 11.3 Å². The largest absolute Gasteiger partial charge is 0.497 e. The molecule has 1 atom stereocenters. The van der Waals surface area contributed by atoms with Gasteiger partial charge < -0.3 is 14.8 Å². The number of hydrogen-bond donors (Lipinski definition) is 1. The number of nitrogens with one attached hydrogen (secondary N) is 1. The van der Waals surface area contributed by atoms with E-state index in [2.05, 4.69) is 10.3 Å². The van der Waals surface area contributed by atoms with Crippen LogP contribution < -0.4 is 20.3 Å². The van der Waals surface area contributed by atoms with Crippen molar-refractivity contribution in [3.8, 4) is 11.5 Å². The van der Waals surface area contributed by atoms with Crippen molar-refractivity contribution in [1.82, 2.24) is 9.55 Å². The Bertz CT molecular complexity index is 1080. The van der Waals surface area contributed by atoms with E-state index in [-0.39, 0.29) is 23.3 Å². The van der Waals surface area contributed by atoms with E-state index in [1.807, 2.05) is 25.3 Å². The number of methoxy groups -OCH3 is 2. The number of thiophene rings is 1. The summed E-state index contributed by atoms with van der Waals surface area (Å²) >= 11 is 2.64. The maximum Gasteiger partial charge on any atom is 0.272 e. The average molecular weight is 434 g/mol. The summed E-state index contributed by atoms with van der Waals surface area (Å²) in [6, 6.07) is 7.00. The zero-order valence-electron chi connectivity index (χ0n) is 16.7. The van der Waals surface area contributed by atoms with Gasteiger partial charge in [-0.1, -0.05) is 18.7 Å². The van der Waals surface area contributed by atoms with Gasteiger partial charge in [0.1, 0.15) is 16.2 Å². The van der Waals surface area contributed by atoms with E-state index in [0.29, 0.717) is 32.6 Å². The van der Waals surface area contributed by atoms with Gasteiger partial charge >= 0.3 is 0 Å². The summed E-state index contributed by atoms with van der Waals surface area (Å²) < 4.78 is 12.8. The Labute approximate surface area is 177 Å². The highest BCUT2D eigenvalue weighted by Crippen LogP contribution is 2.30. The Morgan fingerprint density at radius 3 is 2.79 bits per heavy atom. The Morgan fingerprint density at radius 1 is 1.31 bits per heavy atom. The van der Waals surface area contributed by atoms with E-state index in [1.54, 1.807) is 29.9 Å². The maximum absolute atomic E-state index is 12.9. The molecule has 29 heavy (non-hydrogen) atoms. The minimum atomic E-state index is -0.214. The second-order valence-corrected chi connectivity index (χ2v) is 8.22. The summed E-state index contributed by atoms with van der Waals surface area (Å²) in [5.41, 5.74) is 1.16. The Kier molecular flexibility index (Phi) is 6.81. The molecule has 0 bridgehead atoms. The summed E-state index contributed by atoms with van der Waals surface area (Å²) in [6.07, 6.45) is 0.793. The van der Waals surface area contributed by atoms with Gasteiger partial charge in [-0.2, -0.15) is 0 Å². The molecule has 0 saturated carbocycles. The third kappa shape index (κ3) is 4.56. The van der Waals surface area contributed by atoms with Gasteiger partial charge in [-0.25, -0.2) is 4.98 Å². The first-order chi connectivity index (χ1) is 14.0. The Morgan fingerprint density at radius 2 is 2.10 bits per heavy atom. The van der Waals surface area contributed by atoms with Crippen molar-refractivity contribution in [1.29, 1.82) is 0 Å². The molecule has 0 radical (unpaired) electrons. The second kappa shape index (κ2) is 9.32. The molecule has 0 spiro atoms. The predicted molar refractivity (Wildman–Crippen MR) is 118 cm³/mol. The highest BCUT2D eigenvalue weighted by atomic mass is 32.2. The van der Waals surface area contributed by atoms with Gasteiger partial charge in [0.2, 0.25) is 5.91 Å². The molecule has 3 rings (SSSR count). The molecule has 1 aromatic carbocycles. The smallest absolute Gasteiger partial charge is 0.272 e. The molecule has 7 nitrogen and oxygen atoms in total. The third-order valence-electron chi connectivity index (χ3n) is 4.53. The number of carbonyl (C=O) groups excluding carboxylic acids is 1. The van der Waals surface area contributed by atoms with Gasteiger partial charge in [-0.05, 0) is 36.9 Å². The molecule has 1 amide bonds. The summed E-state index contributed by atoms with van der Waals surface area (Å²) in [6.45, 7) is 4.00. The number of fused-ring (bicyclic) bond motifs is 1. The molecular formula is C20H23N3O4S2. The normalized spacial score (nSPS) is 12.0. The number of nitrogens with zero attached hydrogens (tertiary/aromatic N) is 2. The van der Waals surface area contributed by atoms with Crippen molar-refractivity contribution in [2.24, 2.45) is 0 Å². The van der Waals surface area contributed by atoms with Gasteiger partial charge in [0, 0.05) is 12.1 Å². The molecule has 0 aliphatic heterocycles. The summed E-state index contributed by atoms with van der Waals surface area (Å²) in [7, 11) is 3.10. The van der Waals surface area contributed by atoms with E-state index in [1.165, 1.54) is 30.2 Å². The van der Waals surface area contributed by atoms with Crippen LogP contribution in [0.15, 0.2) is 39.6 Å². The second-order valence-electron chi connectivity index (χ2n) is 6.36. The van der Waals surface area contributed by atoms with Crippen molar-refractivity contribution >= 4 is 44.9 Å². The molecular weight excluding hydrogens is 410 g/mol. The first-order valence-electron chi connectivity index (χ1n) is 9.12. The van der Waals surface area contributed by atoms with E-state index >= 15 is 0 Å². The number of ether oxygens (including phenoxy) is 2. The van der Waals surface area contributed by atoms with Gasteiger partial charge in [0.05, 0.1) is 31.2 Å². The molecule has 0 saturated heterocycles. The number of benzene rings is 1. The summed E-state index contributed by atoms with van der Waals surface area (Å²) in [4.78, 5) is 30.0. The van der Waals surface area contributed by atoms with Crippen molar-refractivity contribution in [3.63, 3.8) is 0 Å². The van der Waals surface area contributed by atoms with Crippen LogP contribution in [0.5, 0.6) is 11.5 Å². The number of carbonyl (C=O) groups is 1. The van der Waals surface area contributed by atoms with Gasteiger partial charge in [0.25, 0.3) is 5.56 Å². The molecule has 1 unspecified atom stereocenters. The van der Waals surface area contributed by atoms with Crippen molar-refractivity contribution in [2.45, 2.75) is 31.5 Å². The van der Waals surface area contributed by atoms with Crippen LogP contribution in [-0.4, -0.2) is 35.4 Å². The first kappa shape index (κ1) is 21.2. The van der Waals surface area contributed by atoms with Crippen LogP contribution in [0, 0.1) is 0 Å². The maximum atomic E-state index is 12.9. The zero-order valence-corrected chi connectivity index (χ0v) is 18.4. The first-order valence-corrected chi connectivity index (χ1v) is 11.0. The highest BCUT2D eigenvalue weighted by molar-refractivity contribution is 7.99. The molecule has 1 N–H and O–H groups in total. The topological polar surface area (TPSA) is 82.5 Å². The summed E-state index contributed by atoms with van der Waals surface area (Å²) in [5, 5.41) is 5.25. The lowest BCUT2D eigenvalue weighted by Gasteiger charge is -2.17. The van der Waals surface area contributed by atoms with Crippen LogP contribution in [-0.2, 0) is 4.79 Å². The zero-order chi connectivity index (χ0) is 21.0. The van der Waals surface area contributed by atoms with E-state index < -0.39 is 0 Å². The van der Waals surface area contributed by atoms with Crippen LogP contribution in [0.1, 0.15) is 26.3 Å². The van der Waals surface area contributed by atoms with E-state index in [4.69, 9.17) is 9.47 Å². The van der Waals surface area contributed by atoms with Gasteiger partial charge in [-0.3, -0.25) is 14.2 Å². The molecule has 154 valence electrons. The molecule has 3 aromatic rings. The standard InChI is InChI=1S/C20H23N3O4S2/c1-5-12(2)23-19(25)18-15(8-9-28-18)22-20(23)29-11-17(24)21-14-7-6-13(26-3)10-16(14)27-4/h6-10,12H,5,11H2,1-4H3,(H,21,24). The average Bonchev–Trinajstić information content (AvgIpc) is 3.21. The lowest BCUT2D eigenvalue weighted by Crippen LogP contribution is -2.26. The fraction of sp³-hybridized carbons (Fsp3) is 0.350. The van der Waals surface area contributed by atoms with E-state index in [9.17, 15) is 9.59 Å². The fourth-order valence-electron chi connectivity index (χ4n) is 2.80.